The van der Waals surface area contributed by atoms with E-state index in [1.165, 1.54) is 17.5 Å². The molecule has 0 unspecified atom stereocenters. The molecule has 0 aliphatic heterocycles. The Labute approximate surface area is 103 Å². The molecule has 0 N–H and O–H groups in total. The molecular weight excluding hydrogens is 391 g/mol. The van der Waals surface area contributed by atoms with Gasteiger partial charge in [0.05, 0.1) is 0 Å². The molecule has 3 heteroatoms. The Morgan fingerprint density at radius 3 is 2.31 bits per heavy atom. The normalized spacial score (nSPS) is 12.2. The van der Waals surface area contributed by atoms with Gasteiger partial charge in [-0.2, -0.15) is 0 Å². The van der Waals surface area contributed by atoms with E-state index in [0.717, 1.165) is 5.52 Å². The van der Waals surface area contributed by atoms with Crippen LogP contribution in [-0.4, -0.2) is 28.8 Å². The average Bonchev–Trinajstić information content (AvgIpc) is 2.77. The Balaban J connectivity index is 2.61. The third kappa shape index (κ3) is 1.81. The summed E-state index contributed by atoms with van der Waals surface area (Å²) in [6, 6.07) is 8.53. The van der Waals surface area contributed by atoms with Crippen LogP contribution in [0.3, 0.4) is 0 Å². The molecule has 1 aromatic carbocycles. The van der Waals surface area contributed by atoms with E-state index in [2.05, 4.69) is 58.7 Å². The van der Waals surface area contributed by atoms with Crippen molar-refractivity contribution in [2.75, 3.05) is 0 Å². The van der Waals surface area contributed by atoms with Crippen LogP contribution < -0.4 is 0 Å². The third-order valence-electron chi connectivity index (χ3n) is 3.94. The van der Waals surface area contributed by atoms with Crippen LogP contribution in [-0.2, 0) is 0 Å². The predicted octanol–water partition coefficient (Wildman–Crippen LogP) is 3.89. The van der Waals surface area contributed by atoms with Crippen LogP contribution in [0, 0.1) is 0 Å². The first-order valence-corrected chi connectivity index (χ1v) is 16.2. The van der Waals surface area contributed by atoms with Crippen molar-refractivity contribution in [3.63, 3.8) is 0 Å². The fraction of sp³-hybridized carbons (Fsp3) is 0.462. The average molecular weight is 412 g/mol. The van der Waals surface area contributed by atoms with Crippen molar-refractivity contribution in [2.45, 2.75) is 32.7 Å². The van der Waals surface area contributed by atoms with Gasteiger partial charge < -0.3 is 0 Å². The van der Waals surface area contributed by atoms with E-state index in [-0.39, 0.29) is 0 Å². The molecule has 0 saturated heterocycles. The van der Waals surface area contributed by atoms with Crippen LogP contribution in [0.15, 0.2) is 30.6 Å². The predicted molar refractivity (Wildman–Crippen MR) is 72.3 cm³/mol. The van der Waals surface area contributed by atoms with Crippen molar-refractivity contribution < 1.29 is 0 Å². The van der Waals surface area contributed by atoms with E-state index in [1.54, 1.807) is 0 Å². The standard InChI is InChI=1S/C7H5N2.3C2H5.Pb/c1-2-4-7-6(3-1)8-5-9-7;3*1-2;/h1-5H;3*1H2,2H3;/q-1;;;;+1. The Kier molecular flexibility index (Phi) is 3.67. The molecule has 0 spiro atoms. The molecule has 0 saturated carbocycles. The van der Waals surface area contributed by atoms with Gasteiger partial charge in [-0.1, -0.05) is 0 Å². The van der Waals surface area contributed by atoms with Crippen molar-refractivity contribution in [1.82, 2.24) is 7.36 Å². The Hall–Kier alpha value is -0.388. The quantitative estimate of drug-likeness (QED) is 0.698. The van der Waals surface area contributed by atoms with Gasteiger partial charge in [0.2, 0.25) is 0 Å². The molecule has 2 nitrogen and oxygen atoms in total. The minimum absolute atomic E-state index is 1.15. The van der Waals surface area contributed by atoms with E-state index in [1.807, 2.05) is 0 Å². The van der Waals surface area contributed by atoms with Gasteiger partial charge in [-0.15, -0.1) is 0 Å². The zero-order chi connectivity index (χ0) is 11.6. The molecule has 1 aromatic heterocycles. The van der Waals surface area contributed by atoms with Crippen LogP contribution in [0.2, 0.25) is 11.9 Å². The van der Waals surface area contributed by atoms with E-state index in [0.29, 0.717) is 0 Å². The molecule has 0 radical (unpaired) electrons. The molecule has 0 aliphatic rings. The number of hydrogen-bond donors (Lipinski definition) is 0. The minimum atomic E-state index is -2.30. The van der Waals surface area contributed by atoms with Crippen LogP contribution in [0.4, 0.5) is 0 Å². The number of benzene rings is 1. The molecule has 0 bridgehead atoms. The second-order valence-corrected chi connectivity index (χ2v) is 24.0. The van der Waals surface area contributed by atoms with Gasteiger partial charge in [-0.25, -0.2) is 0 Å². The van der Waals surface area contributed by atoms with Gasteiger partial charge in [0, 0.05) is 0 Å². The Bertz CT molecular complexity index is 463. The van der Waals surface area contributed by atoms with E-state index >= 15 is 0 Å². The van der Waals surface area contributed by atoms with Crippen molar-refractivity contribution in [1.29, 1.82) is 0 Å². The van der Waals surface area contributed by atoms with E-state index in [9.17, 15) is 0 Å². The molecule has 0 amide bonds. The van der Waals surface area contributed by atoms with Gasteiger partial charge in [0.15, 0.2) is 0 Å². The number of para-hydroxylation sites is 2. The second-order valence-electron chi connectivity index (χ2n) is 4.39. The van der Waals surface area contributed by atoms with Gasteiger partial charge in [-0.05, 0) is 0 Å². The summed E-state index contributed by atoms with van der Waals surface area (Å²) >= 11 is -2.30. The molecular formula is C13H20N2Pb. The summed E-state index contributed by atoms with van der Waals surface area (Å²) in [5.74, 6) is 0. The first kappa shape index (κ1) is 12.1. The maximum absolute atomic E-state index is 4.55. The summed E-state index contributed by atoms with van der Waals surface area (Å²) in [4.78, 5) is 4.55. The van der Waals surface area contributed by atoms with Crippen LogP contribution in [0.5, 0.6) is 0 Å². The Morgan fingerprint density at radius 1 is 1.06 bits per heavy atom. The maximum atomic E-state index is 4.55. The van der Waals surface area contributed by atoms with Gasteiger partial charge in [-0.3, -0.25) is 0 Å². The summed E-state index contributed by atoms with van der Waals surface area (Å²) in [6.07, 6.45) is 2.10. The molecule has 2 rings (SSSR count). The Morgan fingerprint density at radius 2 is 1.69 bits per heavy atom. The molecule has 2 aromatic rings. The zero-order valence-electron chi connectivity index (χ0n) is 10.4. The summed E-state index contributed by atoms with van der Waals surface area (Å²) in [5, 5.41) is 0. The van der Waals surface area contributed by atoms with Gasteiger partial charge in [0.25, 0.3) is 0 Å². The summed E-state index contributed by atoms with van der Waals surface area (Å²) in [5.41, 5.74) is 2.51. The summed E-state index contributed by atoms with van der Waals surface area (Å²) in [6.45, 7) is 7.09. The number of aromatic nitrogens is 2. The fourth-order valence-electron chi connectivity index (χ4n) is 2.60. The van der Waals surface area contributed by atoms with Gasteiger partial charge >= 0.3 is 103 Å². The van der Waals surface area contributed by atoms with Crippen molar-refractivity contribution in [2.24, 2.45) is 0 Å². The zero-order valence-corrected chi connectivity index (χ0v) is 14.3. The molecule has 86 valence electrons. The number of nitrogens with zero attached hydrogens (tertiary/aromatic N) is 2. The fourth-order valence-corrected chi connectivity index (χ4v) is 16.3. The van der Waals surface area contributed by atoms with Crippen LogP contribution in [0.1, 0.15) is 20.8 Å². The van der Waals surface area contributed by atoms with Crippen molar-refractivity contribution in [3.8, 4) is 0 Å². The SMILES string of the molecule is C[CH2][Pb]([CH2]C)([CH2]C)[n]1cnc2ccccc21. The van der Waals surface area contributed by atoms with Gasteiger partial charge in [0.1, 0.15) is 0 Å². The number of hydrogen-bond acceptors (Lipinski definition) is 1. The molecule has 0 fully saturated rings. The van der Waals surface area contributed by atoms with Crippen molar-refractivity contribution >= 4 is 32.5 Å². The van der Waals surface area contributed by atoms with Crippen LogP contribution >= 0.6 is 0 Å². The second kappa shape index (κ2) is 4.86. The monoisotopic (exact) mass is 412 g/mol. The number of imidazole rings is 1. The number of rotatable bonds is 4. The molecule has 0 aliphatic carbocycles. The number of fused-ring (bicyclic) bond motifs is 1. The van der Waals surface area contributed by atoms with Crippen molar-refractivity contribution in [3.05, 3.63) is 30.6 Å². The molecule has 0 atom stereocenters. The topological polar surface area (TPSA) is 17.8 Å². The molecule has 1 heterocycles. The third-order valence-corrected chi connectivity index (χ3v) is 24.6. The molecule has 16 heavy (non-hydrogen) atoms. The summed E-state index contributed by atoms with van der Waals surface area (Å²) in [7, 11) is 0. The first-order valence-electron chi connectivity index (χ1n) is 6.20. The van der Waals surface area contributed by atoms with E-state index < -0.39 is 21.5 Å². The first-order chi connectivity index (χ1) is 7.77. The van der Waals surface area contributed by atoms with E-state index in [4.69, 9.17) is 0 Å². The summed E-state index contributed by atoms with van der Waals surface area (Å²) < 4.78 is 6.71. The van der Waals surface area contributed by atoms with Crippen LogP contribution in [0.25, 0.3) is 11.0 Å².